The van der Waals surface area contributed by atoms with Gasteiger partial charge in [0, 0.05) is 26.4 Å². The lowest BCUT2D eigenvalue weighted by Gasteiger charge is -2.17. The molecule has 0 spiro atoms. The Balaban J connectivity index is 2.67. The van der Waals surface area contributed by atoms with Gasteiger partial charge in [0.15, 0.2) is 6.04 Å². The highest BCUT2D eigenvalue weighted by Crippen LogP contribution is 2.30. The number of amides is 1. The highest BCUT2D eigenvalue weighted by Gasteiger charge is 2.32. The van der Waals surface area contributed by atoms with E-state index in [1.54, 1.807) is 33.9 Å². The van der Waals surface area contributed by atoms with Crippen LogP contribution in [0.3, 0.4) is 0 Å². The number of nitrogens with one attached hydrogen (secondary N) is 1. The molecule has 0 fully saturated rings. The number of aliphatic carboxylic acids is 1. The van der Waals surface area contributed by atoms with Crippen molar-refractivity contribution in [1.82, 2.24) is 13.9 Å². The molecule has 2 heterocycles. The Morgan fingerprint density at radius 1 is 1.35 bits per heavy atom. The summed E-state index contributed by atoms with van der Waals surface area (Å²) in [6, 6.07) is 2.32. The van der Waals surface area contributed by atoms with Gasteiger partial charge >= 0.3 is 5.97 Å². The van der Waals surface area contributed by atoms with E-state index >= 15 is 0 Å². The minimum absolute atomic E-state index is 0.183. The van der Waals surface area contributed by atoms with Crippen LogP contribution in [-0.4, -0.2) is 37.6 Å². The van der Waals surface area contributed by atoms with E-state index in [2.05, 4.69) is 5.32 Å². The van der Waals surface area contributed by atoms with Crippen molar-refractivity contribution >= 4 is 29.6 Å². The summed E-state index contributed by atoms with van der Waals surface area (Å²) in [4.78, 5) is 36.4. The minimum Gasteiger partial charge on any atom is -0.479 e. The summed E-state index contributed by atoms with van der Waals surface area (Å²) in [6.07, 6.45) is 4.22. The predicted octanol–water partition coefficient (Wildman–Crippen LogP) is 2.32. The zero-order chi connectivity index (χ0) is 19.6. The lowest BCUT2D eigenvalue weighted by atomic mass is 10.0. The van der Waals surface area contributed by atoms with Gasteiger partial charge in [-0.1, -0.05) is 6.92 Å². The summed E-state index contributed by atoms with van der Waals surface area (Å²) in [5.74, 6) is -1.79. The van der Waals surface area contributed by atoms with Crippen molar-refractivity contribution in [3.05, 3.63) is 46.5 Å². The lowest BCUT2D eigenvalue weighted by molar-refractivity contribution is -0.142. The van der Waals surface area contributed by atoms with Gasteiger partial charge in [-0.25, -0.2) is 4.79 Å². The number of hydrogen-bond acceptors (Lipinski definition) is 4. The maximum atomic E-state index is 13.1. The second-order valence-corrected chi connectivity index (χ2v) is 6.71. The Bertz CT molecular complexity index is 866. The van der Waals surface area contributed by atoms with Gasteiger partial charge in [0.2, 0.25) is 11.7 Å². The van der Waals surface area contributed by atoms with Crippen molar-refractivity contribution in [2.24, 2.45) is 7.05 Å². The van der Waals surface area contributed by atoms with Gasteiger partial charge in [-0.2, -0.15) is 0 Å². The normalized spacial score (nSPS) is 12.0. The predicted molar refractivity (Wildman–Crippen MR) is 100 cm³/mol. The quantitative estimate of drug-likeness (QED) is 0.722. The number of rotatable bonds is 7. The molecule has 0 aliphatic rings. The van der Waals surface area contributed by atoms with E-state index in [4.69, 9.17) is 0 Å². The molecular formula is C18H23N3O4S. The van der Waals surface area contributed by atoms with Crippen molar-refractivity contribution in [2.45, 2.75) is 33.2 Å². The maximum absolute atomic E-state index is 13.1. The summed E-state index contributed by atoms with van der Waals surface area (Å²) in [5, 5.41) is 12.1. The first-order valence-electron chi connectivity index (χ1n) is 8.19. The number of carbonyl (C=O) groups is 3. The molecule has 2 N–H and O–H groups in total. The number of ketones is 1. The van der Waals surface area contributed by atoms with E-state index in [1.165, 1.54) is 18.9 Å². The molecule has 0 radical (unpaired) electrons. The van der Waals surface area contributed by atoms with Crippen LogP contribution in [0, 0.1) is 6.92 Å². The Morgan fingerprint density at radius 2 is 2.00 bits per heavy atom. The van der Waals surface area contributed by atoms with Crippen LogP contribution in [0.15, 0.2) is 18.3 Å². The van der Waals surface area contributed by atoms with Gasteiger partial charge in [0.25, 0.3) is 0 Å². The smallest absolute Gasteiger partial charge is 0.332 e. The topological polar surface area (TPSA) is 93.3 Å². The minimum atomic E-state index is -1.21. The third-order valence-corrected chi connectivity index (χ3v) is 5.10. The lowest BCUT2D eigenvalue weighted by Crippen LogP contribution is -2.34. The molecule has 2 rings (SSSR count). The molecule has 0 saturated carbocycles. The first-order chi connectivity index (χ1) is 12.2. The van der Waals surface area contributed by atoms with Gasteiger partial charge in [0.05, 0.1) is 11.4 Å². The third-order valence-electron chi connectivity index (χ3n) is 4.39. The van der Waals surface area contributed by atoms with Crippen molar-refractivity contribution in [1.29, 1.82) is 0 Å². The molecule has 1 unspecified atom stereocenters. The van der Waals surface area contributed by atoms with Crippen LogP contribution in [0.5, 0.6) is 0 Å². The molecule has 7 nitrogen and oxygen atoms in total. The monoisotopic (exact) mass is 377 g/mol. The van der Waals surface area contributed by atoms with E-state index in [9.17, 15) is 19.5 Å². The van der Waals surface area contributed by atoms with Gasteiger partial charge in [-0.05, 0) is 48.6 Å². The van der Waals surface area contributed by atoms with Crippen molar-refractivity contribution in [3.8, 4) is 0 Å². The van der Waals surface area contributed by atoms with Crippen molar-refractivity contribution in [3.63, 3.8) is 0 Å². The summed E-state index contributed by atoms with van der Waals surface area (Å²) in [7, 11) is 1.67. The number of carbonyl (C=O) groups excluding carboxylic acids is 2. The fourth-order valence-corrected chi connectivity index (χ4v) is 3.85. The van der Waals surface area contributed by atoms with Crippen LogP contribution in [0.4, 0.5) is 0 Å². The molecule has 0 bridgehead atoms. The fraction of sp³-hybridized carbons (Fsp3) is 0.389. The molecule has 2 aromatic heterocycles. The van der Waals surface area contributed by atoms with Crippen LogP contribution in [-0.2, 0) is 23.1 Å². The summed E-state index contributed by atoms with van der Waals surface area (Å²) in [5.41, 5.74) is 2.88. The summed E-state index contributed by atoms with van der Waals surface area (Å²) < 4.78 is 3.37. The molecule has 0 aliphatic carbocycles. The van der Waals surface area contributed by atoms with E-state index in [1.807, 2.05) is 20.1 Å². The maximum Gasteiger partial charge on any atom is 0.332 e. The number of hydrogen-bond donors (Lipinski definition) is 2. The van der Waals surface area contributed by atoms with E-state index in [0.717, 1.165) is 11.1 Å². The SMILES string of the molecule is CCc1c(C)c(C(=O)c2cccn2SC)n(C)c1C(NC(C)=O)C(=O)O. The zero-order valence-corrected chi connectivity index (χ0v) is 16.3. The van der Waals surface area contributed by atoms with Gasteiger partial charge in [0.1, 0.15) is 5.69 Å². The summed E-state index contributed by atoms with van der Waals surface area (Å²) in [6.45, 7) is 4.99. The number of nitrogens with zero attached hydrogens (tertiary/aromatic N) is 2. The summed E-state index contributed by atoms with van der Waals surface area (Å²) >= 11 is 1.41. The largest absolute Gasteiger partial charge is 0.479 e. The van der Waals surface area contributed by atoms with Gasteiger partial charge in [-0.3, -0.25) is 13.6 Å². The molecule has 140 valence electrons. The Kier molecular flexibility index (Phi) is 5.97. The van der Waals surface area contributed by atoms with Crippen LogP contribution in [0.25, 0.3) is 0 Å². The molecule has 26 heavy (non-hydrogen) atoms. The van der Waals surface area contributed by atoms with Gasteiger partial charge in [-0.15, -0.1) is 0 Å². The zero-order valence-electron chi connectivity index (χ0n) is 15.5. The second-order valence-electron chi connectivity index (χ2n) is 5.95. The third kappa shape index (κ3) is 3.41. The van der Waals surface area contributed by atoms with E-state index < -0.39 is 17.9 Å². The van der Waals surface area contributed by atoms with Crippen LogP contribution >= 0.6 is 11.9 Å². The van der Waals surface area contributed by atoms with Crippen LogP contribution < -0.4 is 5.32 Å². The average molecular weight is 377 g/mol. The number of aromatic nitrogens is 2. The molecule has 1 atom stereocenters. The molecule has 0 saturated heterocycles. The Morgan fingerprint density at radius 3 is 2.50 bits per heavy atom. The van der Waals surface area contributed by atoms with Gasteiger partial charge < -0.3 is 15.0 Å². The molecule has 2 aromatic rings. The fourth-order valence-electron chi connectivity index (χ4n) is 3.32. The average Bonchev–Trinajstić information content (AvgIpc) is 3.14. The van der Waals surface area contributed by atoms with Crippen molar-refractivity contribution in [2.75, 3.05) is 6.26 Å². The van der Waals surface area contributed by atoms with Crippen LogP contribution in [0.1, 0.15) is 52.9 Å². The standard InChI is InChI=1S/C18H23N3O4S/c1-6-12-10(2)15(17(23)13-8-7-9-21(13)26-5)20(4)16(12)14(18(24)25)19-11(3)22/h7-9,14H,6H2,1-5H3,(H,19,22)(H,24,25). The Labute approximate surface area is 156 Å². The first-order valence-corrected chi connectivity index (χ1v) is 9.37. The molecular weight excluding hydrogens is 354 g/mol. The highest BCUT2D eigenvalue weighted by atomic mass is 32.2. The Hall–Kier alpha value is -2.48. The molecule has 8 heteroatoms. The highest BCUT2D eigenvalue weighted by molar-refractivity contribution is 7.97. The number of carboxylic acids is 1. The van der Waals surface area contributed by atoms with E-state index in [-0.39, 0.29) is 5.78 Å². The van der Waals surface area contributed by atoms with E-state index in [0.29, 0.717) is 23.5 Å². The molecule has 0 aromatic carbocycles. The molecule has 0 aliphatic heterocycles. The number of carboxylic acid groups (broad SMARTS) is 1. The first kappa shape index (κ1) is 19.8. The second kappa shape index (κ2) is 7.82. The molecule has 1 amide bonds. The van der Waals surface area contributed by atoms with Crippen molar-refractivity contribution < 1.29 is 19.5 Å². The van der Waals surface area contributed by atoms with Crippen LogP contribution in [0.2, 0.25) is 0 Å².